The van der Waals surface area contributed by atoms with Crippen molar-refractivity contribution in [1.29, 1.82) is 0 Å². The van der Waals surface area contributed by atoms with E-state index in [0.29, 0.717) is 38.8 Å². The molecule has 178 valence electrons. The fourth-order valence-corrected chi connectivity index (χ4v) is 2.67. The molecule has 0 aliphatic carbocycles. The number of primary amides is 1. The van der Waals surface area contributed by atoms with Gasteiger partial charge in [-0.15, -0.1) is 0 Å². The van der Waals surface area contributed by atoms with Crippen LogP contribution in [0.25, 0.3) is 0 Å². The first-order valence-corrected chi connectivity index (χ1v) is 10.2. The Kier molecular flexibility index (Phi) is 14.6. The Morgan fingerprint density at radius 2 is 1.26 bits per heavy atom. The maximum Gasteiger partial charge on any atom is 0.322 e. The van der Waals surface area contributed by atoms with E-state index in [4.69, 9.17) is 28.0 Å². The van der Waals surface area contributed by atoms with E-state index in [2.05, 4.69) is 16.0 Å². The lowest BCUT2D eigenvalue weighted by Crippen LogP contribution is -2.56. The first-order valence-electron chi connectivity index (χ1n) is 10.2. The molecule has 3 unspecified atom stereocenters. The molecule has 12 N–H and O–H groups in total. The highest BCUT2D eigenvalue weighted by Gasteiger charge is 2.28. The Balaban J connectivity index is 5.24. The second kappa shape index (κ2) is 16.0. The maximum absolute atomic E-state index is 12.8. The van der Waals surface area contributed by atoms with Gasteiger partial charge in [0.15, 0.2) is 0 Å². The summed E-state index contributed by atoms with van der Waals surface area (Å²) in [6, 6.07) is -3.25. The molecule has 0 aromatic carbocycles. The van der Waals surface area contributed by atoms with Gasteiger partial charge < -0.3 is 44.0 Å². The van der Waals surface area contributed by atoms with Gasteiger partial charge in [-0.05, 0) is 51.6 Å². The molecule has 0 rings (SSSR count). The zero-order valence-corrected chi connectivity index (χ0v) is 17.6. The van der Waals surface area contributed by atoms with Crippen molar-refractivity contribution in [3.05, 3.63) is 0 Å². The molecule has 0 aliphatic heterocycles. The topological polar surface area (TPSA) is 246 Å². The number of aliphatic carboxylic acids is 1. The van der Waals surface area contributed by atoms with Crippen LogP contribution in [0.3, 0.4) is 0 Å². The van der Waals surface area contributed by atoms with E-state index < -0.39 is 54.3 Å². The molecule has 0 aromatic heterocycles. The average Bonchev–Trinajstić information content (AvgIpc) is 2.69. The third kappa shape index (κ3) is 13.2. The number of carbonyl (C=O) groups is 5. The minimum Gasteiger partial charge on any atom is -0.480 e. The summed E-state index contributed by atoms with van der Waals surface area (Å²) >= 11 is 0. The van der Waals surface area contributed by atoms with Crippen LogP contribution >= 0.6 is 0 Å². The summed E-state index contributed by atoms with van der Waals surface area (Å²) < 4.78 is 0. The minimum absolute atomic E-state index is 0.227. The van der Waals surface area contributed by atoms with Gasteiger partial charge in [-0.2, -0.15) is 0 Å². The summed E-state index contributed by atoms with van der Waals surface area (Å²) in [7, 11) is 0. The standard InChI is InChI=1S/C18H35N7O6/c19-7-3-1-5-12(17(30)23-10-15(27)28)25-18(31)13(6-2-4-8-20)24-16(29)11(21)9-14(22)26/h11-13H,1-10,19-21H2,(H2,22,26)(H,23,30)(H,24,29)(H,25,31)(H,27,28). The van der Waals surface area contributed by atoms with Gasteiger partial charge in [-0.25, -0.2) is 0 Å². The fourth-order valence-electron chi connectivity index (χ4n) is 2.67. The molecule has 4 amide bonds. The molecule has 0 aromatic rings. The van der Waals surface area contributed by atoms with Crippen molar-refractivity contribution in [2.45, 2.75) is 63.1 Å². The van der Waals surface area contributed by atoms with Crippen molar-refractivity contribution < 1.29 is 29.1 Å². The van der Waals surface area contributed by atoms with E-state index in [-0.39, 0.29) is 19.3 Å². The van der Waals surface area contributed by atoms with E-state index in [1.807, 2.05) is 0 Å². The summed E-state index contributed by atoms with van der Waals surface area (Å²) in [6.45, 7) is 0.191. The van der Waals surface area contributed by atoms with E-state index in [1.54, 1.807) is 0 Å². The number of carboxylic acids is 1. The monoisotopic (exact) mass is 445 g/mol. The average molecular weight is 446 g/mol. The van der Waals surface area contributed by atoms with Crippen molar-refractivity contribution >= 4 is 29.6 Å². The Bertz CT molecular complexity index is 616. The lowest BCUT2D eigenvalue weighted by Gasteiger charge is -2.24. The minimum atomic E-state index is -1.23. The number of nitrogens with two attached hydrogens (primary N) is 4. The molecule has 13 heteroatoms. The van der Waals surface area contributed by atoms with Gasteiger partial charge in [0.2, 0.25) is 23.6 Å². The zero-order chi connectivity index (χ0) is 23.8. The normalized spacial score (nSPS) is 13.5. The molecule has 13 nitrogen and oxygen atoms in total. The van der Waals surface area contributed by atoms with E-state index in [9.17, 15) is 24.0 Å². The SMILES string of the molecule is NCCCCC(NC(=O)C(N)CC(N)=O)C(=O)NC(CCCCN)C(=O)NCC(=O)O. The van der Waals surface area contributed by atoms with Gasteiger partial charge in [0.1, 0.15) is 18.6 Å². The number of nitrogens with one attached hydrogen (secondary N) is 3. The predicted octanol–water partition coefficient (Wildman–Crippen LogP) is -3.38. The first kappa shape index (κ1) is 28.2. The van der Waals surface area contributed by atoms with Gasteiger partial charge in [-0.1, -0.05) is 0 Å². The summed E-state index contributed by atoms with van der Waals surface area (Å²) in [5.74, 6) is -4.02. The van der Waals surface area contributed by atoms with Crippen LogP contribution in [0.2, 0.25) is 0 Å². The van der Waals surface area contributed by atoms with Crippen molar-refractivity contribution in [2.75, 3.05) is 19.6 Å². The highest BCUT2D eigenvalue weighted by atomic mass is 16.4. The summed E-state index contributed by atoms with van der Waals surface area (Å²) in [5.41, 5.74) is 21.6. The Labute approximate surface area is 181 Å². The molecule has 0 radical (unpaired) electrons. The Hall–Kier alpha value is -2.77. The number of amides is 4. The quantitative estimate of drug-likeness (QED) is 0.104. The molecule has 0 spiro atoms. The number of rotatable bonds is 17. The lowest BCUT2D eigenvalue weighted by atomic mass is 10.0. The molecule has 31 heavy (non-hydrogen) atoms. The number of carboxylic acid groups (broad SMARTS) is 1. The maximum atomic E-state index is 12.8. The van der Waals surface area contributed by atoms with E-state index >= 15 is 0 Å². The van der Waals surface area contributed by atoms with Gasteiger partial charge >= 0.3 is 5.97 Å². The molecule has 0 bridgehead atoms. The van der Waals surface area contributed by atoms with Crippen LogP contribution in [-0.4, -0.2) is 72.5 Å². The second-order valence-corrected chi connectivity index (χ2v) is 7.08. The molecule has 0 saturated heterocycles. The smallest absolute Gasteiger partial charge is 0.322 e. The zero-order valence-electron chi connectivity index (χ0n) is 17.6. The highest BCUT2D eigenvalue weighted by molar-refractivity contribution is 5.94. The second-order valence-electron chi connectivity index (χ2n) is 7.08. The van der Waals surface area contributed by atoms with Crippen LogP contribution in [0.4, 0.5) is 0 Å². The van der Waals surface area contributed by atoms with Crippen molar-refractivity contribution in [3.8, 4) is 0 Å². The van der Waals surface area contributed by atoms with E-state index in [0.717, 1.165) is 0 Å². The molecule has 3 atom stereocenters. The van der Waals surface area contributed by atoms with Crippen LogP contribution in [0.1, 0.15) is 44.9 Å². The van der Waals surface area contributed by atoms with Crippen molar-refractivity contribution in [1.82, 2.24) is 16.0 Å². The van der Waals surface area contributed by atoms with Gasteiger partial charge in [0, 0.05) is 0 Å². The number of hydrogen-bond donors (Lipinski definition) is 8. The van der Waals surface area contributed by atoms with Crippen molar-refractivity contribution in [3.63, 3.8) is 0 Å². The molecule has 0 aliphatic rings. The van der Waals surface area contributed by atoms with Crippen LogP contribution in [0, 0.1) is 0 Å². The lowest BCUT2D eigenvalue weighted by molar-refractivity contribution is -0.138. The predicted molar refractivity (Wildman–Crippen MR) is 112 cm³/mol. The Morgan fingerprint density at radius 1 is 0.774 bits per heavy atom. The van der Waals surface area contributed by atoms with Gasteiger partial charge in [0.25, 0.3) is 0 Å². The Morgan fingerprint density at radius 3 is 1.71 bits per heavy atom. The number of hydrogen-bond acceptors (Lipinski definition) is 8. The van der Waals surface area contributed by atoms with E-state index in [1.165, 1.54) is 0 Å². The first-order chi connectivity index (χ1) is 14.6. The molecule has 0 heterocycles. The molecule has 0 saturated carbocycles. The van der Waals surface area contributed by atoms with Gasteiger partial charge in [-0.3, -0.25) is 24.0 Å². The summed E-state index contributed by atoms with van der Waals surface area (Å²) in [6.07, 6.45) is 2.33. The van der Waals surface area contributed by atoms with Crippen LogP contribution in [0.5, 0.6) is 0 Å². The molecular weight excluding hydrogens is 410 g/mol. The molecule has 0 fully saturated rings. The van der Waals surface area contributed by atoms with Crippen LogP contribution in [-0.2, 0) is 24.0 Å². The fraction of sp³-hybridized carbons (Fsp3) is 0.722. The van der Waals surface area contributed by atoms with Gasteiger partial charge in [0.05, 0.1) is 12.5 Å². The summed E-state index contributed by atoms with van der Waals surface area (Å²) in [5, 5.41) is 16.0. The number of carbonyl (C=O) groups excluding carboxylic acids is 4. The van der Waals surface area contributed by atoms with Crippen LogP contribution in [0.15, 0.2) is 0 Å². The third-order valence-electron chi connectivity index (χ3n) is 4.33. The third-order valence-corrected chi connectivity index (χ3v) is 4.33. The highest BCUT2D eigenvalue weighted by Crippen LogP contribution is 2.06. The largest absolute Gasteiger partial charge is 0.480 e. The summed E-state index contributed by atoms with van der Waals surface area (Å²) in [4.78, 5) is 59.0. The molecular formula is C18H35N7O6. The van der Waals surface area contributed by atoms with Crippen molar-refractivity contribution in [2.24, 2.45) is 22.9 Å². The van der Waals surface area contributed by atoms with Crippen LogP contribution < -0.4 is 38.9 Å². The number of unbranched alkanes of at least 4 members (excludes halogenated alkanes) is 2.